The molecular formula is C11H24N2O2. The van der Waals surface area contributed by atoms with Crippen molar-refractivity contribution in [2.75, 3.05) is 40.4 Å². The predicted molar refractivity (Wildman–Crippen MR) is 61.9 cm³/mol. The summed E-state index contributed by atoms with van der Waals surface area (Å²) >= 11 is 0. The molecule has 0 unspecified atom stereocenters. The fourth-order valence-corrected chi connectivity index (χ4v) is 1.21. The Hall–Kier alpha value is -0.610. The van der Waals surface area contributed by atoms with E-state index in [2.05, 4.69) is 12.2 Å². The second kappa shape index (κ2) is 9.93. The number of amides is 1. The summed E-state index contributed by atoms with van der Waals surface area (Å²) in [5.41, 5.74) is 0. The number of methoxy groups -OCH3 is 1. The zero-order valence-corrected chi connectivity index (χ0v) is 10.2. The van der Waals surface area contributed by atoms with Crippen LogP contribution in [-0.2, 0) is 9.53 Å². The third-order valence-electron chi connectivity index (χ3n) is 2.27. The van der Waals surface area contributed by atoms with Gasteiger partial charge >= 0.3 is 0 Å². The van der Waals surface area contributed by atoms with E-state index in [1.54, 1.807) is 7.11 Å². The minimum Gasteiger partial charge on any atom is -0.383 e. The van der Waals surface area contributed by atoms with E-state index in [1.807, 2.05) is 11.9 Å². The molecular weight excluding hydrogens is 192 g/mol. The fourth-order valence-electron chi connectivity index (χ4n) is 1.21. The molecule has 0 aromatic heterocycles. The molecule has 1 N–H and O–H groups in total. The van der Waals surface area contributed by atoms with Gasteiger partial charge in [0, 0.05) is 40.2 Å². The first kappa shape index (κ1) is 14.4. The van der Waals surface area contributed by atoms with E-state index >= 15 is 0 Å². The molecule has 0 aliphatic heterocycles. The highest BCUT2D eigenvalue weighted by molar-refractivity contribution is 5.75. The normalized spacial score (nSPS) is 10.3. The molecule has 1 amide bonds. The molecule has 0 rings (SSSR count). The van der Waals surface area contributed by atoms with Crippen LogP contribution in [0, 0.1) is 0 Å². The Labute approximate surface area is 93.0 Å². The van der Waals surface area contributed by atoms with Crippen LogP contribution in [0.1, 0.15) is 26.2 Å². The lowest BCUT2D eigenvalue weighted by atomic mass is 10.3. The average molecular weight is 216 g/mol. The number of nitrogens with one attached hydrogen (secondary N) is 1. The van der Waals surface area contributed by atoms with Crippen LogP contribution in [0.3, 0.4) is 0 Å². The smallest absolute Gasteiger partial charge is 0.223 e. The lowest BCUT2D eigenvalue weighted by molar-refractivity contribution is -0.129. The van der Waals surface area contributed by atoms with Gasteiger partial charge in [-0.3, -0.25) is 4.79 Å². The number of hydrogen-bond donors (Lipinski definition) is 1. The van der Waals surface area contributed by atoms with Gasteiger partial charge in [0.2, 0.25) is 5.91 Å². The van der Waals surface area contributed by atoms with E-state index in [-0.39, 0.29) is 5.91 Å². The maximum absolute atomic E-state index is 11.5. The van der Waals surface area contributed by atoms with Crippen LogP contribution in [0.25, 0.3) is 0 Å². The van der Waals surface area contributed by atoms with Crippen LogP contribution in [0.2, 0.25) is 0 Å². The summed E-state index contributed by atoms with van der Waals surface area (Å²) in [6, 6.07) is 0. The zero-order valence-electron chi connectivity index (χ0n) is 10.2. The van der Waals surface area contributed by atoms with Crippen LogP contribution in [0.5, 0.6) is 0 Å². The molecule has 0 bridgehead atoms. The van der Waals surface area contributed by atoms with Gasteiger partial charge in [-0.05, 0) is 6.42 Å². The third-order valence-corrected chi connectivity index (χ3v) is 2.27. The summed E-state index contributed by atoms with van der Waals surface area (Å²) in [5.74, 6) is 0.216. The molecule has 0 aromatic rings. The molecule has 0 aromatic carbocycles. The van der Waals surface area contributed by atoms with Crippen molar-refractivity contribution in [2.24, 2.45) is 0 Å². The lowest BCUT2D eigenvalue weighted by Crippen LogP contribution is -2.31. The second-order valence-electron chi connectivity index (χ2n) is 3.66. The van der Waals surface area contributed by atoms with E-state index < -0.39 is 0 Å². The van der Waals surface area contributed by atoms with Crippen molar-refractivity contribution in [2.45, 2.75) is 26.2 Å². The Morgan fingerprint density at radius 2 is 2.13 bits per heavy atom. The quantitative estimate of drug-likeness (QED) is 0.582. The first-order chi connectivity index (χ1) is 7.22. The van der Waals surface area contributed by atoms with Crippen molar-refractivity contribution in [3.05, 3.63) is 0 Å². The molecule has 0 fully saturated rings. The highest BCUT2D eigenvalue weighted by Crippen LogP contribution is 1.94. The fraction of sp³-hybridized carbons (Fsp3) is 0.909. The summed E-state index contributed by atoms with van der Waals surface area (Å²) in [4.78, 5) is 13.3. The molecule has 90 valence electrons. The molecule has 0 saturated heterocycles. The number of ether oxygens (including phenoxy) is 1. The van der Waals surface area contributed by atoms with E-state index in [4.69, 9.17) is 4.74 Å². The lowest BCUT2D eigenvalue weighted by Gasteiger charge is -2.16. The number of hydrogen-bond acceptors (Lipinski definition) is 3. The van der Waals surface area contributed by atoms with Gasteiger partial charge in [0.25, 0.3) is 0 Å². The minimum atomic E-state index is 0.216. The molecule has 0 aliphatic carbocycles. The molecule has 4 nitrogen and oxygen atoms in total. The Morgan fingerprint density at radius 3 is 2.73 bits per heavy atom. The topological polar surface area (TPSA) is 41.6 Å². The van der Waals surface area contributed by atoms with Gasteiger partial charge in [-0.2, -0.15) is 0 Å². The Morgan fingerprint density at radius 1 is 1.40 bits per heavy atom. The van der Waals surface area contributed by atoms with E-state index in [9.17, 15) is 4.79 Å². The van der Waals surface area contributed by atoms with Crippen molar-refractivity contribution < 1.29 is 9.53 Å². The van der Waals surface area contributed by atoms with Crippen LogP contribution in [0.15, 0.2) is 0 Å². The first-order valence-corrected chi connectivity index (χ1v) is 5.66. The van der Waals surface area contributed by atoms with Gasteiger partial charge < -0.3 is 15.0 Å². The largest absolute Gasteiger partial charge is 0.383 e. The first-order valence-electron chi connectivity index (χ1n) is 5.66. The van der Waals surface area contributed by atoms with Gasteiger partial charge in [-0.25, -0.2) is 0 Å². The summed E-state index contributed by atoms with van der Waals surface area (Å²) in [7, 11) is 3.54. The van der Waals surface area contributed by atoms with Crippen molar-refractivity contribution >= 4 is 5.91 Å². The zero-order chi connectivity index (χ0) is 11.5. The molecule has 0 heterocycles. The number of nitrogens with zero attached hydrogens (tertiary/aromatic N) is 1. The van der Waals surface area contributed by atoms with Crippen molar-refractivity contribution in [1.29, 1.82) is 0 Å². The maximum atomic E-state index is 11.5. The SMILES string of the molecule is CCCCN(C)C(=O)CCNCCOC. The standard InChI is InChI=1S/C11H24N2O2/c1-4-5-9-13(2)11(14)6-7-12-8-10-15-3/h12H,4-10H2,1-3H3. The van der Waals surface area contributed by atoms with Gasteiger partial charge in [0.05, 0.1) is 6.61 Å². The third kappa shape index (κ3) is 8.39. The summed E-state index contributed by atoms with van der Waals surface area (Å²) in [6.07, 6.45) is 2.78. The minimum absolute atomic E-state index is 0.216. The summed E-state index contributed by atoms with van der Waals surface area (Å²) in [6.45, 7) is 5.24. The number of carbonyl (C=O) groups excluding carboxylic acids is 1. The van der Waals surface area contributed by atoms with E-state index in [0.29, 0.717) is 13.0 Å². The molecule has 0 atom stereocenters. The molecule has 0 saturated carbocycles. The average Bonchev–Trinajstić information content (AvgIpc) is 2.25. The molecule has 4 heteroatoms. The molecule has 0 radical (unpaired) electrons. The Balaban J connectivity index is 3.38. The maximum Gasteiger partial charge on any atom is 0.223 e. The highest BCUT2D eigenvalue weighted by atomic mass is 16.5. The van der Waals surface area contributed by atoms with Crippen LogP contribution < -0.4 is 5.32 Å². The van der Waals surface area contributed by atoms with Crippen molar-refractivity contribution in [3.63, 3.8) is 0 Å². The van der Waals surface area contributed by atoms with Gasteiger partial charge in [0.15, 0.2) is 0 Å². The summed E-state index contributed by atoms with van der Waals surface area (Å²) < 4.78 is 4.89. The Bertz CT molecular complexity index is 163. The van der Waals surface area contributed by atoms with E-state index in [1.165, 1.54) is 0 Å². The van der Waals surface area contributed by atoms with Crippen LogP contribution in [0.4, 0.5) is 0 Å². The number of unbranched alkanes of at least 4 members (excludes halogenated alkanes) is 1. The summed E-state index contributed by atoms with van der Waals surface area (Å²) in [5, 5.41) is 3.16. The predicted octanol–water partition coefficient (Wildman–Crippen LogP) is 0.871. The van der Waals surface area contributed by atoms with Gasteiger partial charge in [-0.1, -0.05) is 13.3 Å². The monoisotopic (exact) mass is 216 g/mol. The molecule has 0 aliphatic rings. The van der Waals surface area contributed by atoms with Gasteiger partial charge in [0.1, 0.15) is 0 Å². The van der Waals surface area contributed by atoms with E-state index in [0.717, 1.165) is 32.5 Å². The van der Waals surface area contributed by atoms with Crippen LogP contribution >= 0.6 is 0 Å². The highest BCUT2D eigenvalue weighted by Gasteiger charge is 2.06. The second-order valence-corrected chi connectivity index (χ2v) is 3.66. The van der Waals surface area contributed by atoms with Gasteiger partial charge in [-0.15, -0.1) is 0 Å². The van der Waals surface area contributed by atoms with Crippen molar-refractivity contribution in [1.82, 2.24) is 10.2 Å². The number of rotatable bonds is 9. The molecule has 15 heavy (non-hydrogen) atoms. The Kier molecular flexibility index (Phi) is 9.52. The van der Waals surface area contributed by atoms with Crippen LogP contribution in [-0.4, -0.2) is 51.2 Å². The number of carbonyl (C=O) groups is 1. The molecule has 0 spiro atoms. The van der Waals surface area contributed by atoms with Crippen molar-refractivity contribution in [3.8, 4) is 0 Å².